The number of amides is 2. The number of hydrogen-bond acceptors (Lipinski definition) is 4. The quantitative estimate of drug-likeness (QED) is 0.869. The Morgan fingerprint density at radius 2 is 1.96 bits per heavy atom. The molecule has 0 atom stereocenters. The summed E-state index contributed by atoms with van der Waals surface area (Å²) in [5, 5.41) is 6.43. The minimum Gasteiger partial charge on any atom is -0.369 e. The summed E-state index contributed by atoms with van der Waals surface area (Å²) in [4.78, 5) is 31.5. The molecule has 2 N–H and O–H groups in total. The number of hydrogen-bond donors (Lipinski definition) is 2. The Kier molecular flexibility index (Phi) is 4.59. The van der Waals surface area contributed by atoms with E-state index < -0.39 is 5.54 Å². The zero-order valence-electron chi connectivity index (χ0n) is 15.6. The Labute approximate surface area is 158 Å². The van der Waals surface area contributed by atoms with Crippen LogP contribution in [0.5, 0.6) is 0 Å². The number of carbonyl (C=O) groups is 2. The highest BCUT2D eigenvalue weighted by Gasteiger charge is 2.44. The number of piperidine rings is 1. The molecule has 1 aromatic carbocycles. The molecule has 1 fully saturated rings. The summed E-state index contributed by atoms with van der Waals surface area (Å²) in [5.41, 5.74) is 1.15. The largest absolute Gasteiger partial charge is 0.369 e. The zero-order valence-corrected chi connectivity index (χ0v) is 15.6. The lowest BCUT2D eigenvalue weighted by Gasteiger charge is -2.44. The average Bonchev–Trinajstić information content (AvgIpc) is 3.15. The highest BCUT2D eigenvalue weighted by atomic mass is 16.2. The van der Waals surface area contributed by atoms with E-state index in [4.69, 9.17) is 0 Å². The molecular formula is C20H25N5O2. The number of fused-ring (bicyclic) bond motifs is 1. The zero-order chi connectivity index (χ0) is 18.9. The molecular weight excluding hydrogens is 342 g/mol. The van der Waals surface area contributed by atoms with Crippen molar-refractivity contribution >= 4 is 23.2 Å². The van der Waals surface area contributed by atoms with Crippen molar-refractivity contribution in [2.45, 2.75) is 44.7 Å². The first-order valence-electron chi connectivity index (χ1n) is 9.58. The third-order valence-electron chi connectivity index (χ3n) is 5.64. The first kappa shape index (κ1) is 17.6. The minimum atomic E-state index is -0.620. The van der Waals surface area contributed by atoms with Gasteiger partial charge in [0.25, 0.3) is 0 Å². The molecule has 0 saturated carbocycles. The van der Waals surface area contributed by atoms with Crippen LogP contribution in [-0.2, 0) is 22.6 Å². The highest BCUT2D eigenvalue weighted by molar-refractivity contribution is 6.06. The summed E-state index contributed by atoms with van der Waals surface area (Å²) in [5.74, 6) is 1.14. The Balaban J connectivity index is 1.36. The second-order valence-electron chi connectivity index (χ2n) is 7.23. The van der Waals surface area contributed by atoms with Gasteiger partial charge in [-0.1, -0.05) is 19.1 Å². The molecule has 2 aromatic rings. The number of anilines is 2. The van der Waals surface area contributed by atoms with Gasteiger partial charge in [0, 0.05) is 44.9 Å². The average molecular weight is 367 g/mol. The first-order chi connectivity index (χ1) is 13.1. The third kappa shape index (κ3) is 3.29. The topological polar surface area (TPSA) is 79.3 Å². The van der Waals surface area contributed by atoms with E-state index in [2.05, 4.69) is 22.5 Å². The number of para-hydroxylation sites is 2. The molecule has 0 aliphatic carbocycles. The van der Waals surface area contributed by atoms with Gasteiger partial charge in [0.1, 0.15) is 11.4 Å². The maximum atomic E-state index is 12.7. The van der Waals surface area contributed by atoms with Crippen LogP contribution in [0.1, 0.15) is 32.0 Å². The van der Waals surface area contributed by atoms with Gasteiger partial charge in [0.05, 0.1) is 11.4 Å². The van der Waals surface area contributed by atoms with Crippen LogP contribution in [0.4, 0.5) is 11.4 Å². The molecule has 0 radical (unpaired) electrons. The Morgan fingerprint density at radius 1 is 1.22 bits per heavy atom. The van der Waals surface area contributed by atoms with E-state index in [1.807, 2.05) is 39.9 Å². The third-order valence-corrected chi connectivity index (χ3v) is 5.64. The van der Waals surface area contributed by atoms with Crippen molar-refractivity contribution in [3.8, 4) is 0 Å². The number of imidazole rings is 1. The van der Waals surface area contributed by atoms with Crippen molar-refractivity contribution < 1.29 is 9.59 Å². The van der Waals surface area contributed by atoms with Crippen molar-refractivity contribution in [1.29, 1.82) is 0 Å². The molecule has 1 spiro atoms. The van der Waals surface area contributed by atoms with Crippen LogP contribution in [0, 0.1) is 0 Å². The van der Waals surface area contributed by atoms with Gasteiger partial charge in [-0.2, -0.15) is 0 Å². The summed E-state index contributed by atoms with van der Waals surface area (Å²) in [7, 11) is 0. The SMILES string of the molecule is CCc1nccn1CCC(=O)N1CCC2(CC1)Nc1ccccc1NC2=O. The van der Waals surface area contributed by atoms with Gasteiger partial charge in [-0.25, -0.2) is 4.98 Å². The van der Waals surface area contributed by atoms with E-state index in [0.717, 1.165) is 23.6 Å². The van der Waals surface area contributed by atoms with E-state index in [9.17, 15) is 9.59 Å². The first-order valence-corrected chi connectivity index (χ1v) is 9.58. The number of nitrogens with one attached hydrogen (secondary N) is 2. The Hall–Kier alpha value is -2.83. The predicted molar refractivity (Wildman–Crippen MR) is 103 cm³/mol. The summed E-state index contributed by atoms with van der Waals surface area (Å²) in [6.07, 6.45) is 6.24. The molecule has 27 heavy (non-hydrogen) atoms. The predicted octanol–water partition coefficient (Wildman–Crippen LogP) is 2.26. The van der Waals surface area contributed by atoms with E-state index in [1.165, 1.54) is 0 Å². The molecule has 2 aliphatic rings. The van der Waals surface area contributed by atoms with Crippen LogP contribution in [0.3, 0.4) is 0 Å². The van der Waals surface area contributed by atoms with E-state index in [0.29, 0.717) is 38.9 Å². The van der Waals surface area contributed by atoms with E-state index >= 15 is 0 Å². The maximum Gasteiger partial charge on any atom is 0.250 e. The van der Waals surface area contributed by atoms with Crippen LogP contribution >= 0.6 is 0 Å². The van der Waals surface area contributed by atoms with Crippen LogP contribution < -0.4 is 10.6 Å². The fraction of sp³-hybridized carbons (Fsp3) is 0.450. The smallest absolute Gasteiger partial charge is 0.250 e. The summed E-state index contributed by atoms with van der Waals surface area (Å²) in [6, 6.07) is 7.73. The van der Waals surface area contributed by atoms with E-state index in [1.54, 1.807) is 6.20 Å². The monoisotopic (exact) mass is 367 g/mol. The molecule has 1 saturated heterocycles. The molecule has 2 aliphatic heterocycles. The highest BCUT2D eigenvalue weighted by Crippen LogP contribution is 2.36. The normalized spacial score (nSPS) is 18.0. The van der Waals surface area contributed by atoms with E-state index in [-0.39, 0.29) is 11.8 Å². The molecule has 142 valence electrons. The standard InChI is InChI=1S/C20H25N5O2/c1-2-17-21-10-14-24(17)11-7-18(26)25-12-8-20(9-13-25)19(27)22-15-5-3-4-6-16(15)23-20/h3-6,10,14,23H,2,7-9,11-13H2,1H3,(H,22,27). The molecule has 4 rings (SSSR count). The van der Waals surface area contributed by atoms with Crippen LogP contribution in [0.25, 0.3) is 0 Å². The van der Waals surface area contributed by atoms with Gasteiger partial charge >= 0.3 is 0 Å². The maximum absolute atomic E-state index is 12.7. The summed E-state index contributed by atoms with van der Waals surface area (Å²) < 4.78 is 2.04. The number of nitrogens with zero attached hydrogens (tertiary/aromatic N) is 3. The van der Waals surface area contributed by atoms with Gasteiger partial charge in [0.2, 0.25) is 11.8 Å². The van der Waals surface area contributed by atoms with Crippen LogP contribution in [0.2, 0.25) is 0 Å². The van der Waals surface area contributed by atoms with Gasteiger partial charge in [-0.15, -0.1) is 0 Å². The molecule has 2 amide bonds. The second kappa shape index (κ2) is 7.06. The van der Waals surface area contributed by atoms with Crippen molar-refractivity contribution in [1.82, 2.24) is 14.5 Å². The summed E-state index contributed by atoms with van der Waals surface area (Å²) in [6.45, 7) is 3.89. The van der Waals surface area contributed by atoms with Crippen LogP contribution in [-0.4, -0.2) is 44.9 Å². The van der Waals surface area contributed by atoms with Crippen molar-refractivity contribution in [2.75, 3.05) is 23.7 Å². The van der Waals surface area contributed by atoms with Crippen molar-refractivity contribution in [3.63, 3.8) is 0 Å². The van der Waals surface area contributed by atoms with Gasteiger partial charge in [-0.3, -0.25) is 9.59 Å². The van der Waals surface area contributed by atoms with Gasteiger partial charge in [-0.05, 0) is 25.0 Å². The lowest BCUT2D eigenvalue weighted by molar-refractivity contribution is -0.135. The lowest BCUT2D eigenvalue weighted by Crippen LogP contribution is -2.59. The Morgan fingerprint density at radius 3 is 2.70 bits per heavy atom. The second-order valence-corrected chi connectivity index (χ2v) is 7.23. The van der Waals surface area contributed by atoms with Crippen LogP contribution in [0.15, 0.2) is 36.7 Å². The lowest BCUT2D eigenvalue weighted by atomic mass is 9.84. The van der Waals surface area contributed by atoms with Crippen molar-refractivity contribution in [2.24, 2.45) is 0 Å². The number of carbonyl (C=O) groups excluding carboxylic acids is 2. The number of rotatable bonds is 4. The summed E-state index contributed by atoms with van der Waals surface area (Å²) >= 11 is 0. The molecule has 7 heteroatoms. The number of aryl methyl sites for hydroxylation is 2. The number of likely N-dealkylation sites (tertiary alicyclic amines) is 1. The fourth-order valence-corrected chi connectivity index (χ4v) is 3.98. The molecule has 7 nitrogen and oxygen atoms in total. The molecule has 1 aromatic heterocycles. The molecule has 3 heterocycles. The number of aromatic nitrogens is 2. The van der Waals surface area contributed by atoms with Crippen molar-refractivity contribution in [3.05, 3.63) is 42.5 Å². The van der Waals surface area contributed by atoms with Gasteiger partial charge in [0.15, 0.2) is 0 Å². The minimum absolute atomic E-state index is 0.000646. The fourth-order valence-electron chi connectivity index (χ4n) is 3.98. The molecule has 0 unspecified atom stereocenters. The van der Waals surface area contributed by atoms with Gasteiger partial charge < -0.3 is 20.1 Å². The Bertz CT molecular complexity index is 852. The molecule has 0 bridgehead atoms. The number of benzene rings is 1.